The van der Waals surface area contributed by atoms with E-state index in [9.17, 15) is 10.1 Å². The van der Waals surface area contributed by atoms with E-state index < -0.39 is 12.0 Å². The van der Waals surface area contributed by atoms with Crippen LogP contribution < -0.4 is 4.74 Å². The van der Waals surface area contributed by atoms with E-state index in [0.29, 0.717) is 0 Å². The van der Waals surface area contributed by atoms with Crippen molar-refractivity contribution in [3.8, 4) is 5.75 Å². The van der Waals surface area contributed by atoms with Gasteiger partial charge in [-0.3, -0.25) is 10.1 Å². The minimum atomic E-state index is -2.53. The van der Waals surface area contributed by atoms with Crippen LogP contribution in [-0.2, 0) is 0 Å². The molecule has 0 spiro atoms. The van der Waals surface area contributed by atoms with Crippen LogP contribution in [0.5, 0.6) is 5.75 Å². The van der Waals surface area contributed by atoms with Crippen LogP contribution >= 0.6 is 0 Å². The van der Waals surface area contributed by atoms with E-state index in [0.717, 1.165) is 0 Å². The van der Waals surface area contributed by atoms with Gasteiger partial charge >= 0.3 is 0 Å². The fourth-order valence-electron chi connectivity index (χ4n) is 0.636. The molecule has 0 atom stereocenters. The Hall–Kier alpha value is -1.58. The number of nitro groups is 1. The molecule has 1 rings (SSSR count). The molecule has 0 saturated heterocycles. The van der Waals surface area contributed by atoms with Crippen LogP contribution in [0.1, 0.15) is 4.11 Å². The molecule has 0 amide bonds. The zero-order valence-corrected chi connectivity index (χ0v) is 5.48. The minimum absolute atomic E-state index is 0.0793. The normalized spacial score (nSPS) is 14.4. The lowest BCUT2D eigenvalue weighted by molar-refractivity contribution is -0.384. The van der Waals surface area contributed by atoms with Crippen LogP contribution in [0.15, 0.2) is 24.3 Å². The van der Waals surface area contributed by atoms with E-state index in [2.05, 4.69) is 4.74 Å². The number of nitrogens with zero attached hydrogens (tertiary/aromatic N) is 1. The van der Waals surface area contributed by atoms with Crippen molar-refractivity contribution in [2.24, 2.45) is 0 Å². The Morgan fingerprint density at radius 1 is 1.55 bits per heavy atom. The van der Waals surface area contributed by atoms with Gasteiger partial charge in [-0.15, -0.1) is 0 Å². The third-order valence-electron chi connectivity index (χ3n) is 1.17. The molecular formula is C7H7NO3. The maximum absolute atomic E-state index is 10.3. The first-order chi connectivity index (χ1) is 6.38. The van der Waals surface area contributed by atoms with Gasteiger partial charge in [0.2, 0.25) is 0 Å². The van der Waals surface area contributed by atoms with Gasteiger partial charge < -0.3 is 4.74 Å². The average molecular weight is 156 g/mol. The van der Waals surface area contributed by atoms with Gasteiger partial charge in [-0.05, 0) is 12.1 Å². The van der Waals surface area contributed by atoms with Crippen LogP contribution in [0.2, 0.25) is 0 Å². The maximum atomic E-state index is 10.3. The van der Waals surface area contributed by atoms with Crippen molar-refractivity contribution in [1.29, 1.82) is 0 Å². The summed E-state index contributed by atoms with van der Waals surface area (Å²) in [6, 6.07) is 4.84. The van der Waals surface area contributed by atoms with Crippen LogP contribution in [0, 0.1) is 10.1 Å². The molecule has 0 aromatic heterocycles. The highest BCUT2D eigenvalue weighted by molar-refractivity contribution is 5.35. The number of hydrogen-bond donors (Lipinski definition) is 0. The Kier molecular flexibility index (Phi) is 1.18. The molecule has 1 aromatic rings. The highest BCUT2D eigenvalue weighted by atomic mass is 16.6. The Bertz CT molecular complexity index is 333. The van der Waals surface area contributed by atoms with Crippen molar-refractivity contribution in [2.45, 2.75) is 0 Å². The Labute approximate surface area is 67.8 Å². The SMILES string of the molecule is [2H]C([2H])([2H])Oc1ccc([N+](=O)[O-])cc1. The summed E-state index contributed by atoms with van der Waals surface area (Å²) in [5.74, 6) is 0.0793. The summed E-state index contributed by atoms with van der Waals surface area (Å²) in [7, 11) is -2.53. The molecule has 0 aliphatic heterocycles. The monoisotopic (exact) mass is 156 g/mol. The Balaban J connectivity index is 2.79. The average Bonchev–Trinajstić information content (AvgIpc) is 2.02. The number of methoxy groups -OCH3 is 1. The summed E-state index contributed by atoms with van der Waals surface area (Å²) in [4.78, 5) is 9.68. The second-order valence-corrected chi connectivity index (χ2v) is 1.85. The van der Waals surface area contributed by atoms with Gasteiger partial charge in [0.15, 0.2) is 0 Å². The third-order valence-corrected chi connectivity index (χ3v) is 1.17. The lowest BCUT2D eigenvalue weighted by atomic mass is 10.3. The first-order valence-corrected chi connectivity index (χ1v) is 2.82. The van der Waals surface area contributed by atoms with E-state index in [4.69, 9.17) is 4.11 Å². The van der Waals surface area contributed by atoms with Crippen molar-refractivity contribution in [3.63, 3.8) is 0 Å². The number of nitro benzene ring substituents is 1. The molecule has 11 heavy (non-hydrogen) atoms. The summed E-state index contributed by atoms with van der Waals surface area (Å²) >= 11 is 0. The largest absolute Gasteiger partial charge is 0.497 e. The number of non-ortho nitro benzene ring substituents is 1. The summed E-state index contributed by atoms with van der Waals surface area (Å²) in [6.07, 6.45) is 0. The molecule has 0 aliphatic carbocycles. The van der Waals surface area contributed by atoms with Crippen molar-refractivity contribution < 1.29 is 13.8 Å². The predicted octanol–water partition coefficient (Wildman–Crippen LogP) is 1.60. The topological polar surface area (TPSA) is 52.4 Å². The van der Waals surface area contributed by atoms with E-state index in [-0.39, 0.29) is 11.4 Å². The summed E-state index contributed by atoms with van der Waals surface area (Å²) in [6.45, 7) is 0. The fourth-order valence-corrected chi connectivity index (χ4v) is 0.636. The van der Waals surface area contributed by atoms with Gasteiger partial charge in [-0.1, -0.05) is 0 Å². The van der Waals surface area contributed by atoms with Crippen molar-refractivity contribution in [2.75, 3.05) is 7.04 Å². The lowest BCUT2D eigenvalue weighted by Gasteiger charge is -1.96. The summed E-state index contributed by atoms with van der Waals surface area (Å²) in [5, 5.41) is 10.3. The number of hydrogen-bond acceptors (Lipinski definition) is 3. The predicted molar refractivity (Wildman–Crippen MR) is 39.6 cm³/mol. The molecular weight excluding hydrogens is 146 g/mol. The van der Waals surface area contributed by atoms with Crippen LogP contribution in [-0.4, -0.2) is 12.0 Å². The van der Waals surface area contributed by atoms with Crippen molar-refractivity contribution >= 4 is 5.69 Å². The molecule has 4 nitrogen and oxygen atoms in total. The van der Waals surface area contributed by atoms with Crippen molar-refractivity contribution in [1.82, 2.24) is 0 Å². The molecule has 0 N–H and O–H groups in total. The van der Waals surface area contributed by atoms with E-state index in [1.165, 1.54) is 24.3 Å². The molecule has 0 radical (unpaired) electrons. The maximum Gasteiger partial charge on any atom is 0.269 e. The second-order valence-electron chi connectivity index (χ2n) is 1.85. The summed E-state index contributed by atoms with van der Waals surface area (Å²) in [5.41, 5.74) is -0.108. The van der Waals surface area contributed by atoms with Gasteiger partial charge in [0, 0.05) is 12.1 Å². The zero-order chi connectivity index (χ0) is 10.8. The van der Waals surface area contributed by atoms with E-state index in [1.54, 1.807) is 0 Å². The zero-order valence-electron chi connectivity index (χ0n) is 8.48. The number of ether oxygens (including phenoxy) is 1. The Morgan fingerprint density at radius 3 is 2.64 bits per heavy atom. The number of benzene rings is 1. The summed E-state index contributed by atoms with van der Waals surface area (Å²) < 4.78 is 24.9. The highest BCUT2D eigenvalue weighted by Crippen LogP contribution is 2.16. The molecule has 0 saturated carbocycles. The molecule has 1 aromatic carbocycles. The molecule has 0 heterocycles. The van der Waals surface area contributed by atoms with Crippen LogP contribution in [0.4, 0.5) is 5.69 Å². The third kappa shape index (κ3) is 1.67. The smallest absolute Gasteiger partial charge is 0.269 e. The van der Waals surface area contributed by atoms with E-state index >= 15 is 0 Å². The molecule has 0 bridgehead atoms. The van der Waals surface area contributed by atoms with Gasteiger partial charge in [-0.25, -0.2) is 0 Å². The van der Waals surface area contributed by atoms with Gasteiger partial charge in [0.05, 0.1) is 16.1 Å². The lowest BCUT2D eigenvalue weighted by Crippen LogP contribution is -1.87. The fraction of sp³-hybridized carbons (Fsp3) is 0.143. The van der Waals surface area contributed by atoms with Crippen LogP contribution in [0.25, 0.3) is 0 Å². The molecule has 58 valence electrons. The highest BCUT2D eigenvalue weighted by Gasteiger charge is 2.02. The molecule has 0 aliphatic rings. The van der Waals surface area contributed by atoms with Gasteiger partial charge in [-0.2, -0.15) is 0 Å². The second kappa shape index (κ2) is 3.01. The van der Waals surface area contributed by atoms with Gasteiger partial charge in [0.25, 0.3) is 5.69 Å². The molecule has 0 unspecified atom stereocenters. The van der Waals surface area contributed by atoms with Gasteiger partial charge in [0.1, 0.15) is 5.75 Å². The van der Waals surface area contributed by atoms with Crippen LogP contribution in [0.3, 0.4) is 0 Å². The first kappa shape index (κ1) is 4.33. The molecule has 0 fully saturated rings. The number of rotatable bonds is 2. The quantitative estimate of drug-likeness (QED) is 0.482. The van der Waals surface area contributed by atoms with E-state index in [1.807, 2.05) is 0 Å². The molecule has 4 heteroatoms. The standard InChI is InChI=1S/C7H7NO3/c1-11-7-4-2-6(3-5-7)8(9)10/h2-5H,1H3/i1D3. The Morgan fingerprint density at radius 2 is 2.18 bits per heavy atom. The van der Waals surface area contributed by atoms with Crippen molar-refractivity contribution in [3.05, 3.63) is 34.4 Å². The minimum Gasteiger partial charge on any atom is -0.497 e. The first-order valence-electron chi connectivity index (χ1n) is 4.32.